The Morgan fingerprint density at radius 2 is 1.23 bits per heavy atom. The number of aliphatic carboxylic acids is 3. The molecule has 2 unspecified atom stereocenters. The van der Waals surface area contributed by atoms with Gasteiger partial charge in [0.25, 0.3) is 0 Å². The van der Waals surface area contributed by atoms with Crippen LogP contribution in [0.2, 0.25) is 0 Å². The molecule has 0 spiro atoms. The number of hydrogen-bond donors (Lipinski definition) is 7. The van der Waals surface area contributed by atoms with Gasteiger partial charge in [-0.25, -0.2) is 0 Å². The molecule has 2 rings (SSSR count). The first kappa shape index (κ1) is 36.3. The summed E-state index contributed by atoms with van der Waals surface area (Å²) in [6.07, 6.45) is 0.140. The van der Waals surface area contributed by atoms with Crippen LogP contribution in [0.15, 0.2) is 36.4 Å². The summed E-state index contributed by atoms with van der Waals surface area (Å²) >= 11 is 0. The van der Waals surface area contributed by atoms with Gasteiger partial charge >= 0.3 is 17.9 Å². The van der Waals surface area contributed by atoms with Gasteiger partial charge in [-0.2, -0.15) is 0 Å². The second-order valence-corrected chi connectivity index (χ2v) is 12.4. The van der Waals surface area contributed by atoms with Crippen LogP contribution in [-0.2, 0) is 54.2 Å². The fourth-order valence-corrected chi connectivity index (χ4v) is 5.13. The van der Waals surface area contributed by atoms with Crippen LogP contribution >= 0.6 is 16.5 Å². The summed E-state index contributed by atoms with van der Waals surface area (Å²) in [5, 5.41) is 50.8. The average Bonchev–Trinajstić information content (AvgIpc) is 2.94. The Bertz CT molecular complexity index is 1370. The van der Waals surface area contributed by atoms with E-state index in [1.807, 2.05) is 0 Å². The Morgan fingerprint density at radius 3 is 1.61 bits per heavy atom. The van der Waals surface area contributed by atoms with Crippen LogP contribution in [0.3, 0.4) is 0 Å². The number of nitrogens with zero attached hydrogens (tertiary/aromatic N) is 2. The molecular weight excluding hydrogens is 620 g/mol. The predicted molar refractivity (Wildman–Crippen MR) is 157 cm³/mol. The summed E-state index contributed by atoms with van der Waals surface area (Å²) in [5.74, 6) is -4.15. The lowest BCUT2D eigenvalue weighted by Gasteiger charge is -2.26. The molecule has 0 heterocycles. The number of rotatable bonds is 20. The van der Waals surface area contributed by atoms with E-state index >= 15 is 0 Å². The van der Waals surface area contributed by atoms with E-state index in [9.17, 15) is 48.7 Å². The Balaban J connectivity index is 2.14. The molecule has 0 radical (unpaired) electrons. The molecule has 0 saturated heterocycles. The van der Waals surface area contributed by atoms with E-state index in [2.05, 4.69) is 5.32 Å². The summed E-state index contributed by atoms with van der Waals surface area (Å²) in [6.45, 7) is -0.812. The molecule has 0 saturated carbocycles. The van der Waals surface area contributed by atoms with Crippen molar-refractivity contribution in [1.82, 2.24) is 15.1 Å². The van der Waals surface area contributed by atoms with Gasteiger partial charge in [-0.1, -0.05) is 24.3 Å². The number of carboxylic acids is 3. The molecule has 1 amide bonds. The highest BCUT2D eigenvalue weighted by Crippen LogP contribution is 2.28. The second-order valence-electron chi connectivity index (χ2n) is 9.94. The van der Waals surface area contributed by atoms with Crippen molar-refractivity contribution >= 4 is 40.3 Å². The molecule has 15 nitrogen and oxygen atoms in total. The molecule has 0 fully saturated rings. The first-order valence-corrected chi connectivity index (χ1v) is 15.6. The highest BCUT2D eigenvalue weighted by Gasteiger charge is 2.20. The van der Waals surface area contributed by atoms with Crippen molar-refractivity contribution in [2.24, 2.45) is 0 Å². The molecule has 2 atom stereocenters. The molecule has 0 aliphatic heterocycles. The van der Waals surface area contributed by atoms with Gasteiger partial charge in [0.1, 0.15) is 11.5 Å². The molecule has 0 aliphatic rings. The largest absolute Gasteiger partial charge is 0.508 e. The first-order valence-electron chi connectivity index (χ1n) is 13.3. The molecular formula is C27H35N3O12P2. The number of aromatic hydroxyl groups is 2. The molecule has 0 bridgehead atoms. The smallest absolute Gasteiger partial charge is 0.317 e. The van der Waals surface area contributed by atoms with Crippen LogP contribution in [0.25, 0.3) is 0 Å². The van der Waals surface area contributed by atoms with Gasteiger partial charge in [0.05, 0.1) is 13.1 Å². The molecule has 7 N–H and O–H groups in total. The number of phenols is 2. The zero-order chi connectivity index (χ0) is 32.8. The standard InChI is InChI=1S/C27H35N3O12P2/c31-21-5-1-17(3-7-23(33)28-27(43-40)44(41)42)11-19(21)13-29(15-25(36)37)9-10-30(16-26(38)39)14-20-12-18(2-6-22(20)32)4-8-24(34)35/h1-2,5-6,11-12,27,31-32,44H,3-4,7-10,13-16H2,(H,28,33)(H,34,35)(H,36,37)(H,38,39)(H,41,42). The van der Waals surface area contributed by atoms with Gasteiger partial charge in [0.2, 0.25) is 13.9 Å². The fraction of sp³-hybridized carbons (Fsp3) is 0.407. The number of carboxylic acid groups (broad SMARTS) is 3. The minimum Gasteiger partial charge on any atom is -0.508 e. The highest BCUT2D eigenvalue weighted by molar-refractivity contribution is 7.52. The maximum Gasteiger partial charge on any atom is 0.317 e. The van der Waals surface area contributed by atoms with Crippen LogP contribution in [0.5, 0.6) is 11.5 Å². The number of carbonyl (C=O) groups excluding carboxylic acids is 1. The Kier molecular flexibility index (Phi) is 14.9. The second kappa shape index (κ2) is 18.1. The van der Waals surface area contributed by atoms with Crippen molar-refractivity contribution in [1.29, 1.82) is 0 Å². The van der Waals surface area contributed by atoms with Crippen molar-refractivity contribution in [3.05, 3.63) is 58.7 Å². The van der Waals surface area contributed by atoms with Crippen molar-refractivity contribution in [3.8, 4) is 11.5 Å². The van der Waals surface area contributed by atoms with E-state index in [0.29, 0.717) is 22.3 Å². The van der Waals surface area contributed by atoms with Gasteiger partial charge in [-0.3, -0.25) is 38.1 Å². The van der Waals surface area contributed by atoms with Gasteiger partial charge in [0, 0.05) is 50.1 Å². The van der Waals surface area contributed by atoms with Crippen molar-refractivity contribution in [2.75, 3.05) is 26.2 Å². The topological polar surface area (TPSA) is 242 Å². The van der Waals surface area contributed by atoms with E-state index in [0.717, 1.165) is 0 Å². The van der Waals surface area contributed by atoms with Gasteiger partial charge in [0.15, 0.2) is 14.0 Å². The Hall–Kier alpha value is -3.87. The quantitative estimate of drug-likeness (QED) is 0.100. The molecule has 44 heavy (non-hydrogen) atoms. The van der Waals surface area contributed by atoms with Crippen LogP contribution in [-0.4, -0.2) is 95.7 Å². The maximum atomic E-state index is 12.1. The van der Waals surface area contributed by atoms with Crippen molar-refractivity contribution in [3.63, 3.8) is 0 Å². The Labute approximate surface area is 254 Å². The molecule has 2 aromatic carbocycles. The lowest BCUT2D eigenvalue weighted by Crippen LogP contribution is -2.39. The van der Waals surface area contributed by atoms with Gasteiger partial charge < -0.3 is 35.7 Å². The third-order valence-corrected chi connectivity index (χ3v) is 8.36. The van der Waals surface area contributed by atoms with Gasteiger partial charge in [-0.15, -0.1) is 0 Å². The molecule has 0 aromatic heterocycles. The molecule has 0 aliphatic carbocycles. The van der Waals surface area contributed by atoms with Crippen LogP contribution < -0.4 is 5.32 Å². The summed E-state index contributed by atoms with van der Waals surface area (Å²) < 4.78 is 22.1. The SMILES string of the molecule is O=PC(NC(=O)CCc1ccc(O)c(CN(CCN(CC(=O)O)Cc2cc(CCC(=O)O)ccc2O)CC(=O)O)c1)[PH](=O)O. The summed E-state index contributed by atoms with van der Waals surface area (Å²) in [6, 6.07) is 9.08. The Morgan fingerprint density at radius 1 is 0.773 bits per heavy atom. The summed E-state index contributed by atoms with van der Waals surface area (Å²) in [4.78, 5) is 58.2. The summed E-state index contributed by atoms with van der Waals surface area (Å²) in [5.41, 5.74) is 0.569. The molecule has 2 aromatic rings. The number of phenolic OH excluding ortho intramolecular Hbond substituents is 2. The van der Waals surface area contributed by atoms with Crippen LogP contribution in [0.4, 0.5) is 0 Å². The van der Waals surface area contributed by atoms with E-state index in [1.54, 1.807) is 24.3 Å². The third-order valence-electron chi connectivity index (χ3n) is 6.43. The molecule has 240 valence electrons. The number of aryl methyl sites for hydroxylation is 2. The van der Waals surface area contributed by atoms with Crippen LogP contribution in [0.1, 0.15) is 35.1 Å². The zero-order valence-electron chi connectivity index (χ0n) is 23.6. The average molecular weight is 656 g/mol. The first-order chi connectivity index (χ1) is 20.8. The third kappa shape index (κ3) is 13.2. The lowest BCUT2D eigenvalue weighted by atomic mass is 10.0. The minimum absolute atomic E-state index is 0.0132. The van der Waals surface area contributed by atoms with E-state index < -0.39 is 58.9 Å². The minimum atomic E-state index is -3.24. The van der Waals surface area contributed by atoms with Gasteiger partial charge in [-0.05, 0) is 36.1 Å². The lowest BCUT2D eigenvalue weighted by molar-refractivity contribution is -0.140. The summed E-state index contributed by atoms with van der Waals surface area (Å²) in [7, 11) is -3.93. The number of nitrogens with one attached hydrogen (secondary N) is 1. The molecule has 17 heteroatoms. The zero-order valence-corrected chi connectivity index (χ0v) is 25.5. The van der Waals surface area contributed by atoms with E-state index in [1.165, 1.54) is 21.9 Å². The fourth-order valence-electron chi connectivity index (χ4n) is 4.28. The number of amides is 1. The van der Waals surface area contributed by atoms with Crippen LogP contribution in [0, 0.1) is 0 Å². The predicted octanol–water partition coefficient (Wildman–Crippen LogP) is 1.68. The van der Waals surface area contributed by atoms with Crippen molar-refractivity contribution < 1.29 is 58.7 Å². The maximum absolute atomic E-state index is 12.1. The number of hydrogen-bond acceptors (Lipinski definition) is 10. The normalized spacial score (nSPS) is 12.7. The van der Waals surface area contributed by atoms with E-state index in [4.69, 9.17) is 10.00 Å². The monoisotopic (exact) mass is 655 g/mol. The van der Waals surface area contributed by atoms with E-state index in [-0.39, 0.29) is 63.4 Å². The number of benzene rings is 2. The highest BCUT2D eigenvalue weighted by atomic mass is 31.2. The van der Waals surface area contributed by atoms with Crippen molar-refractivity contribution in [2.45, 2.75) is 44.3 Å². The number of carbonyl (C=O) groups is 4.